The van der Waals surface area contributed by atoms with E-state index in [9.17, 15) is 8.42 Å². The van der Waals surface area contributed by atoms with Crippen LogP contribution in [-0.2, 0) is 16.3 Å². The summed E-state index contributed by atoms with van der Waals surface area (Å²) in [5, 5.41) is 0.937. The van der Waals surface area contributed by atoms with Crippen molar-refractivity contribution in [3.63, 3.8) is 0 Å². The smallest absolute Gasteiger partial charge is 0.173 e. The summed E-state index contributed by atoms with van der Waals surface area (Å²) in [4.78, 5) is 4.45. The quantitative estimate of drug-likeness (QED) is 0.804. The van der Waals surface area contributed by atoms with Crippen molar-refractivity contribution in [3.8, 4) is 0 Å². The number of pyridine rings is 1. The molecule has 4 heteroatoms. The van der Waals surface area contributed by atoms with Gasteiger partial charge in [0.1, 0.15) is 0 Å². The summed E-state index contributed by atoms with van der Waals surface area (Å²) in [6, 6.07) is 5.77. The molecule has 3 nitrogen and oxygen atoms in total. The molecule has 0 atom stereocenters. The van der Waals surface area contributed by atoms with Crippen molar-refractivity contribution in [2.45, 2.75) is 39.4 Å². The molecular weight excluding hydrogens is 270 g/mol. The third-order valence-corrected chi connectivity index (χ3v) is 4.87. The van der Waals surface area contributed by atoms with Crippen LogP contribution >= 0.6 is 0 Å². The van der Waals surface area contributed by atoms with Crippen LogP contribution in [0.5, 0.6) is 0 Å². The Kier molecular flexibility index (Phi) is 5.28. The van der Waals surface area contributed by atoms with Gasteiger partial charge in [-0.15, -0.1) is 0 Å². The van der Waals surface area contributed by atoms with Gasteiger partial charge in [0.25, 0.3) is 0 Å². The molecular formula is C16H23NO2S. The van der Waals surface area contributed by atoms with Gasteiger partial charge in [0.15, 0.2) is 9.84 Å². The van der Waals surface area contributed by atoms with E-state index >= 15 is 0 Å². The van der Waals surface area contributed by atoms with Crippen molar-refractivity contribution in [1.29, 1.82) is 0 Å². The molecule has 110 valence electrons. The Labute approximate surface area is 122 Å². The number of hydrogen-bond donors (Lipinski definition) is 0. The summed E-state index contributed by atoms with van der Waals surface area (Å²) >= 11 is 0. The van der Waals surface area contributed by atoms with Crippen LogP contribution in [0, 0.1) is 5.41 Å². The van der Waals surface area contributed by atoms with Crippen LogP contribution in [0.15, 0.2) is 36.3 Å². The van der Waals surface area contributed by atoms with Gasteiger partial charge < -0.3 is 0 Å². The van der Waals surface area contributed by atoms with E-state index in [-0.39, 0.29) is 5.41 Å². The summed E-state index contributed by atoms with van der Waals surface area (Å²) < 4.78 is 23.6. The summed E-state index contributed by atoms with van der Waals surface area (Å²) in [5.41, 5.74) is 1.49. The lowest BCUT2D eigenvalue weighted by Crippen LogP contribution is -2.16. The van der Waals surface area contributed by atoms with Gasteiger partial charge in [-0.2, -0.15) is 0 Å². The number of sulfone groups is 1. The first-order chi connectivity index (χ1) is 9.16. The molecule has 1 aromatic heterocycles. The first-order valence-corrected chi connectivity index (χ1v) is 8.29. The Balaban J connectivity index is 2.89. The van der Waals surface area contributed by atoms with E-state index < -0.39 is 15.1 Å². The molecule has 0 unspecified atom stereocenters. The Morgan fingerprint density at radius 1 is 1.35 bits per heavy atom. The van der Waals surface area contributed by atoms with Gasteiger partial charge in [0, 0.05) is 11.1 Å². The summed E-state index contributed by atoms with van der Waals surface area (Å²) in [6.45, 7) is 11.1. The SMILES string of the molecule is C=Cc1cccc(CC(C)(C)/C=C/S(=O)(=O)C(C)C)n1. The number of nitrogens with zero attached hydrogens (tertiary/aromatic N) is 1. The molecule has 0 aromatic carbocycles. The van der Waals surface area contributed by atoms with Crippen LogP contribution in [0.3, 0.4) is 0 Å². The second-order valence-electron chi connectivity index (χ2n) is 5.86. The zero-order chi connectivity index (χ0) is 15.4. The second-order valence-corrected chi connectivity index (χ2v) is 8.26. The molecule has 0 saturated heterocycles. The number of allylic oxidation sites excluding steroid dienone is 1. The molecule has 1 rings (SSSR count). The van der Waals surface area contributed by atoms with Gasteiger partial charge in [0.05, 0.1) is 10.9 Å². The summed E-state index contributed by atoms with van der Waals surface area (Å²) in [5.74, 6) is 0. The zero-order valence-corrected chi connectivity index (χ0v) is 13.4. The Morgan fingerprint density at radius 3 is 2.55 bits per heavy atom. The fourth-order valence-electron chi connectivity index (χ4n) is 1.67. The topological polar surface area (TPSA) is 47.0 Å². The molecule has 0 N–H and O–H groups in total. The fraction of sp³-hybridized carbons (Fsp3) is 0.438. The van der Waals surface area contributed by atoms with Crippen LogP contribution in [0.2, 0.25) is 0 Å². The lowest BCUT2D eigenvalue weighted by Gasteiger charge is -2.20. The van der Waals surface area contributed by atoms with E-state index in [1.165, 1.54) is 5.41 Å². The van der Waals surface area contributed by atoms with Crippen LogP contribution in [0.25, 0.3) is 6.08 Å². The first kappa shape index (κ1) is 16.6. The van der Waals surface area contributed by atoms with E-state index in [4.69, 9.17) is 0 Å². The predicted octanol–water partition coefficient (Wildman–Crippen LogP) is 3.63. The highest BCUT2D eigenvalue weighted by molar-refractivity contribution is 7.94. The second kappa shape index (κ2) is 6.35. The Hall–Kier alpha value is -1.42. The van der Waals surface area contributed by atoms with Crippen molar-refractivity contribution in [3.05, 3.63) is 47.6 Å². The minimum atomic E-state index is -3.15. The molecule has 0 aliphatic rings. The number of hydrogen-bond acceptors (Lipinski definition) is 3. The van der Waals surface area contributed by atoms with Crippen LogP contribution in [0.1, 0.15) is 39.1 Å². The van der Waals surface area contributed by atoms with Gasteiger partial charge >= 0.3 is 0 Å². The number of rotatable bonds is 6. The molecule has 1 aromatic rings. The standard InChI is InChI=1S/C16H23NO2S/c1-6-14-8-7-9-15(17-14)12-16(4,5)10-11-20(18,19)13(2)3/h6-11,13H,1,12H2,2-5H3/b11-10+. The van der Waals surface area contributed by atoms with Gasteiger partial charge in [-0.05, 0) is 43.9 Å². The fourth-order valence-corrected chi connectivity index (χ4v) is 2.54. The van der Waals surface area contributed by atoms with Crippen molar-refractivity contribution in [2.24, 2.45) is 5.41 Å². The summed E-state index contributed by atoms with van der Waals surface area (Å²) in [6.07, 6.45) is 4.14. The van der Waals surface area contributed by atoms with Crippen LogP contribution in [-0.4, -0.2) is 18.7 Å². The maximum Gasteiger partial charge on any atom is 0.173 e. The van der Waals surface area contributed by atoms with Gasteiger partial charge in [-0.25, -0.2) is 8.42 Å². The number of aromatic nitrogens is 1. The Morgan fingerprint density at radius 2 is 2.00 bits per heavy atom. The zero-order valence-electron chi connectivity index (χ0n) is 12.6. The molecule has 1 heterocycles. The molecule has 0 bridgehead atoms. The average Bonchev–Trinajstić information content (AvgIpc) is 2.36. The molecule has 0 radical (unpaired) electrons. The average molecular weight is 293 g/mol. The lowest BCUT2D eigenvalue weighted by molar-refractivity contribution is 0.471. The normalized spacial score (nSPS) is 13.1. The largest absolute Gasteiger partial charge is 0.253 e. The predicted molar refractivity (Wildman–Crippen MR) is 85.0 cm³/mol. The van der Waals surface area contributed by atoms with E-state index in [1.807, 2.05) is 32.0 Å². The molecule has 0 aliphatic carbocycles. The minimum absolute atomic E-state index is 0.269. The van der Waals surface area contributed by atoms with Crippen molar-refractivity contribution in [2.75, 3.05) is 0 Å². The Bertz CT molecular complexity index is 599. The molecule has 0 amide bonds. The first-order valence-electron chi connectivity index (χ1n) is 6.68. The highest BCUT2D eigenvalue weighted by atomic mass is 32.2. The maximum atomic E-state index is 11.8. The van der Waals surface area contributed by atoms with E-state index in [2.05, 4.69) is 11.6 Å². The molecule has 0 fully saturated rings. The van der Waals surface area contributed by atoms with E-state index in [0.717, 1.165) is 11.4 Å². The van der Waals surface area contributed by atoms with Crippen molar-refractivity contribution < 1.29 is 8.42 Å². The highest BCUT2D eigenvalue weighted by Crippen LogP contribution is 2.24. The lowest BCUT2D eigenvalue weighted by atomic mass is 9.88. The van der Waals surface area contributed by atoms with Gasteiger partial charge in [-0.3, -0.25) is 4.98 Å². The third-order valence-electron chi connectivity index (χ3n) is 3.04. The molecule has 0 spiro atoms. The van der Waals surface area contributed by atoms with Crippen molar-refractivity contribution >= 4 is 15.9 Å². The maximum absolute atomic E-state index is 11.8. The van der Waals surface area contributed by atoms with E-state index in [0.29, 0.717) is 6.42 Å². The van der Waals surface area contributed by atoms with Gasteiger partial charge in [0.2, 0.25) is 0 Å². The monoisotopic (exact) mass is 293 g/mol. The molecule has 0 aliphatic heterocycles. The van der Waals surface area contributed by atoms with Crippen LogP contribution in [0.4, 0.5) is 0 Å². The van der Waals surface area contributed by atoms with Crippen LogP contribution < -0.4 is 0 Å². The van der Waals surface area contributed by atoms with Gasteiger partial charge in [-0.1, -0.05) is 32.6 Å². The minimum Gasteiger partial charge on any atom is -0.253 e. The van der Waals surface area contributed by atoms with Crippen molar-refractivity contribution in [1.82, 2.24) is 4.98 Å². The highest BCUT2D eigenvalue weighted by Gasteiger charge is 2.19. The molecule has 0 saturated carbocycles. The summed E-state index contributed by atoms with van der Waals surface area (Å²) in [7, 11) is -3.15. The van der Waals surface area contributed by atoms with E-state index in [1.54, 1.807) is 26.0 Å². The third kappa shape index (κ3) is 4.93. The molecule has 20 heavy (non-hydrogen) atoms.